The van der Waals surface area contributed by atoms with Crippen LogP contribution < -0.4 is 10.2 Å². The Hall–Kier alpha value is -2.32. The number of nitrogens with zero attached hydrogens (tertiary/aromatic N) is 1. The lowest BCUT2D eigenvalue weighted by molar-refractivity contribution is 0.0929. The third kappa shape index (κ3) is 5.35. The van der Waals surface area contributed by atoms with Crippen molar-refractivity contribution in [1.29, 1.82) is 0 Å². The van der Waals surface area contributed by atoms with E-state index >= 15 is 0 Å². The van der Waals surface area contributed by atoms with Crippen LogP contribution in [0, 0.1) is 0 Å². The maximum Gasteiger partial charge on any atom is 0.307 e. The van der Waals surface area contributed by atoms with Gasteiger partial charge in [-0.1, -0.05) is 57.3 Å². The van der Waals surface area contributed by atoms with E-state index < -0.39 is 5.91 Å². The summed E-state index contributed by atoms with van der Waals surface area (Å²) in [4.78, 5) is 12.3. The van der Waals surface area contributed by atoms with Gasteiger partial charge in [0.05, 0.1) is 15.7 Å². The molecule has 3 aromatic carbocycles. The SMILES string of the molecule is O=C(N/N=C/c1cc(Cl)c(OCc2ccccc2Cl)c(Br)c1)c1cc2cc(Br)ccc2o1. The Labute approximate surface area is 210 Å². The van der Waals surface area contributed by atoms with Crippen LogP contribution in [0.4, 0.5) is 0 Å². The van der Waals surface area contributed by atoms with Crippen molar-refractivity contribution in [2.45, 2.75) is 6.61 Å². The number of ether oxygens (including phenoxy) is 1. The molecular formula is C23H14Br2Cl2N2O3. The smallest absolute Gasteiger partial charge is 0.307 e. The van der Waals surface area contributed by atoms with E-state index in [1.54, 1.807) is 30.3 Å². The molecule has 0 radical (unpaired) electrons. The lowest BCUT2D eigenvalue weighted by Crippen LogP contribution is -2.16. The van der Waals surface area contributed by atoms with Gasteiger partial charge in [0.1, 0.15) is 12.2 Å². The van der Waals surface area contributed by atoms with Crippen LogP contribution in [0.5, 0.6) is 5.75 Å². The summed E-state index contributed by atoms with van der Waals surface area (Å²) in [5.74, 6) is 0.192. The topological polar surface area (TPSA) is 63.8 Å². The zero-order chi connectivity index (χ0) is 22.7. The number of carbonyl (C=O) groups is 1. The largest absolute Gasteiger partial charge is 0.486 e. The fraction of sp³-hybridized carbons (Fsp3) is 0.0435. The van der Waals surface area contributed by atoms with Crippen LogP contribution in [-0.2, 0) is 6.61 Å². The lowest BCUT2D eigenvalue weighted by Gasteiger charge is -2.12. The van der Waals surface area contributed by atoms with Gasteiger partial charge in [-0.3, -0.25) is 4.79 Å². The molecule has 4 rings (SSSR count). The van der Waals surface area contributed by atoms with Crippen LogP contribution in [-0.4, -0.2) is 12.1 Å². The minimum Gasteiger partial charge on any atom is -0.486 e. The highest BCUT2D eigenvalue weighted by Gasteiger charge is 2.13. The van der Waals surface area contributed by atoms with Crippen molar-refractivity contribution in [3.63, 3.8) is 0 Å². The van der Waals surface area contributed by atoms with Gasteiger partial charge in [-0.05, 0) is 64.0 Å². The van der Waals surface area contributed by atoms with E-state index in [-0.39, 0.29) is 12.4 Å². The van der Waals surface area contributed by atoms with E-state index in [0.29, 0.717) is 31.4 Å². The van der Waals surface area contributed by atoms with E-state index in [0.717, 1.165) is 15.4 Å². The Kier molecular flexibility index (Phi) is 7.20. The van der Waals surface area contributed by atoms with Crippen LogP contribution in [0.1, 0.15) is 21.7 Å². The molecule has 0 aliphatic rings. The molecule has 0 aliphatic carbocycles. The van der Waals surface area contributed by atoms with Crippen molar-refractivity contribution in [2.24, 2.45) is 5.10 Å². The number of nitrogens with one attached hydrogen (secondary N) is 1. The number of hydrazone groups is 1. The first kappa shape index (κ1) is 22.9. The summed E-state index contributed by atoms with van der Waals surface area (Å²) in [7, 11) is 0. The highest BCUT2D eigenvalue weighted by Crippen LogP contribution is 2.35. The van der Waals surface area contributed by atoms with Crippen LogP contribution in [0.3, 0.4) is 0 Å². The van der Waals surface area contributed by atoms with Crippen LogP contribution in [0.15, 0.2) is 79.1 Å². The van der Waals surface area contributed by atoms with Gasteiger partial charge < -0.3 is 9.15 Å². The van der Waals surface area contributed by atoms with Gasteiger partial charge in [0.2, 0.25) is 0 Å². The molecule has 1 aromatic heterocycles. The molecular weight excluding hydrogens is 583 g/mol. The zero-order valence-corrected chi connectivity index (χ0v) is 20.9. The quantitative estimate of drug-likeness (QED) is 0.184. The Morgan fingerprint density at radius 2 is 1.88 bits per heavy atom. The maximum atomic E-state index is 12.3. The van der Waals surface area contributed by atoms with Gasteiger partial charge >= 0.3 is 5.91 Å². The van der Waals surface area contributed by atoms with Gasteiger partial charge in [-0.15, -0.1) is 0 Å². The molecule has 32 heavy (non-hydrogen) atoms. The van der Waals surface area contributed by atoms with Crippen molar-refractivity contribution in [1.82, 2.24) is 5.43 Å². The molecule has 4 aromatic rings. The number of hydrogen-bond acceptors (Lipinski definition) is 4. The van der Waals surface area contributed by atoms with E-state index in [1.165, 1.54) is 6.21 Å². The molecule has 1 N–H and O–H groups in total. The molecule has 1 amide bonds. The third-order valence-electron chi connectivity index (χ3n) is 4.43. The highest BCUT2D eigenvalue weighted by molar-refractivity contribution is 9.10. The van der Waals surface area contributed by atoms with Crippen LogP contribution in [0.2, 0.25) is 10.0 Å². The number of hydrogen-bond donors (Lipinski definition) is 1. The standard InChI is InChI=1S/C23H14Br2Cl2N2O3/c24-16-5-6-20-15(9-16)10-21(32-20)23(30)29-28-11-13-7-17(25)22(19(27)8-13)31-12-14-3-1-2-4-18(14)26/h1-11H,12H2,(H,29,30)/b28-11+. The number of halogens is 4. The van der Waals surface area contributed by atoms with Crippen molar-refractivity contribution in [3.05, 3.63) is 96.5 Å². The fourth-order valence-corrected chi connectivity index (χ4v) is 4.46. The monoisotopic (exact) mass is 594 g/mol. The predicted octanol–water partition coefficient (Wildman–Crippen LogP) is 7.61. The summed E-state index contributed by atoms with van der Waals surface area (Å²) in [6.45, 7) is 0.273. The maximum absolute atomic E-state index is 12.3. The first-order valence-electron chi connectivity index (χ1n) is 9.28. The number of rotatable bonds is 6. The average molecular weight is 597 g/mol. The highest BCUT2D eigenvalue weighted by atomic mass is 79.9. The van der Waals surface area contributed by atoms with Crippen molar-refractivity contribution < 1.29 is 13.9 Å². The Morgan fingerprint density at radius 1 is 1.06 bits per heavy atom. The first-order valence-corrected chi connectivity index (χ1v) is 11.6. The molecule has 1 heterocycles. The summed E-state index contributed by atoms with van der Waals surface area (Å²) in [5.41, 5.74) is 4.58. The number of benzene rings is 3. The molecule has 0 unspecified atom stereocenters. The van der Waals surface area contributed by atoms with Crippen molar-refractivity contribution in [2.75, 3.05) is 0 Å². The molecule has 0 saturated carbocycles. The number of furan rings is 1. The fourth-order valence-electron chi connectivity index (χ4n) is 2.90. The third-order valence-corrected chi connectivity index (χ3v) is 6.16. The van der Waals surface area contributed by atoms with Crippen LogP contribution >= 0.6 is 55.1 Å². The summed E-state index contributed by atoms with van der Waals surface area (Å²) in [6, 6.07) is 18.0. The molecule has 0 atom stereocenters. The molecule has 162 valence electrons. The van der Waals surface area contributed by atoms with E-state index in [1.807, 2.05) is 30.3 Å². The second-order valence-corrected chi connectivity index (χ2v) is 9.27. The lowest BCUT2D eigenvalue weighted by atomic mass is 10.2. The zero-order valence-electron chi connectivity index (χ0n) is 16.2. The van der Waals surface area contributed by atoms with Gasteiger partial charge in [0.15, 0.2) is 11.5 Å². The summed E-state index contributed by atoms with van der Waals surface area (Å²) < 4.78 is 12.9. The van der Waals surface area contributed by atoms with Crippen molar-refractivity contribution >= 4 is 78.2 Å². The molecule has 5 nitrogen and oxygen atoms in total. The summed E-state index contributed by atoms with van der Waals surface area (Å²) in [6.07, 6.45) is 1.48. The Balaban J connectivity index is 1.42. The van der Waals surface area contributed by atoms with Crippen molar-refractivity contribution in [3.8, 4) is 5.75 Å². The van der Waals surface area contributed by atoms with Crippen LogP contribution in [0.25, 0.3) is 11.0 Å². The van der Waals surface area contributed by atoms with E-state index in [2.05, 4.69) is 42.4 Å². The molecule has 0 bridgehead atoms. The first-order chi connectivity index (χ1) is 15.4. The van der Waals surface area contributed by atoms with E-state index in [4.69, 9.17) is 32.4 Å². The van der Waals surface area contributed by atoms with Gasteiger partial charge in [-0.2, -0.15) is 5.10 Å². The normalized spacial score (nSPS) is 11.2. The summed E-state index contributed by atoms with van der Waals surface area (Å²) in [5, 5.41) is 5.82. The molecule has 0 spiro atoms. The molecule has 0 fully saturated rings. The Morgan fingerprint density at radius 3 is 2.66 bits per heavy atom. The molecule has 0 aliphatic heterocycles. The average Bonchev–Trinajstić information content (AvgIpc) is 3.17. The van der Waals surface area contributed by atoms with Gasteiger partial charge in [-0.25, -0.2) is 5.43 Å². The van der Waals surface area contributed by atoms with E-state index in [9.17, 15) is 4.79 Å². The van der Waals surface area contributed by atoms with Gasteiger partial charge in [0, 0.05) is 20.4 Å². The minimum atomic E-state index is -0.460. The molecule has 9 heteroatoms. The number of amides is 1. The Bertz CT molecular complexity index is 1320. The molecule has 0 saturated heterocycles. The minimum absolute atomic E-state index is 0.165. The van der Waals surface area contributed by atoms with Gasteiger partial charge in [0.25, 0.3) is 0 Å². The number of carbonyl (C=O) groups excluding carboxylic acids is 1. The second kappa shape index (κ2) is 10.1. The summed E-state index contributed by atoms with van der Waals surface area (Å²) >= 11 is 19.4. The predicted molar refractivity (Wildman–Crippen MR) is 134 cm³/mol. The number of fused-ring (bicyclic) bond motifs is 1. The second-order valence-electron chi connectivity index (χ2n) is 6.69.